The van der Waals surface area contributed by atoms with E-state index in [9.17, 15) is 9.18 Å². The van der Waals surface area contributed by atoms with Gasteiger partial charge in [-0.2, -0.15) is 0 Å². The van der Waals surface area contributed by atoms with Crippen LogP contribution in [-0.2, 0) is 6.54 Å². The third kappa shape index (κ3) is 3.88. The number of carbonyl (C=O) groups excluding carboxylic acids is 1. The number of carbonyl (C=O) groups is 1. The summed E-state index contributed by atoms with van der Waals surface area (Å²) in [6.07, 6.45) is 0. The van der Waals surface area contributed by atoms with Gasteiger partial charge in [-0.3, -0.25) is 4.79 Å². The molecular formula is C16H15FINO3. The molecule has 0 unspecified atom stereocenters. The third-order valence-corrected chi connectivity index (χ3v) is 3.98. The Balaban J connectivity index is 2.13. The van der Waals surface area contributed by atoms with Crippen LogP contribution in [0, 0.1) is 9.39 Å². The fourth-order valence-electron chi connectivity index (χ4n) is 1.91. The second kappa shape index (κ2) is 7.44. The molecule has 6 heteroatoms. The van der Waals surface area contributed by atoms with Crippen molar-refractivity contribution in [1.29, 1.82) is 0 Å². The summed E-state index contributed by atoms with van der Waals surface area (Å²) in [4.78, 5) is 12.3. The Labute approximate surface area is 141 Å². The van der Waals surface area contributed by atoms with Gasteiger partial charge >= 0.3 is 0 Å². The summed E-state index contributed by atoms with van der Waals surface area (Å²) in [5.74, 6) is 0.538. The first-order chi connectivity index (χ1) is 10.5. The van der Waals surface area contributed by atoms with Crippen molar-refractivity contribution in [2.75, 3.05) is 14.2 Å². The Kier molecular flexibility index (Phi) is 5.59. The minimum absolute atomic E-state index is 0.227. The van der Waals surface area contributed by atoms with Crippen molar-refractivity contribution in [3.8, 4) is 11.5 Å². The zero-order valence-electron chi connectivity index (χ0n) is 12.2. The van der Waals surface area contributed by atoms with Crippen LogP contribution < -0.4 is 14.8 Å². The maximum Gasteiger partial charge on any atom is 0.252 e. The van der Waals surface area contributed by atoms with Gasteiger partial charge < -0.3 is 14.8 Å². The fourth-order valence-corrected chi connectivity index (χ4v) is 2.59. The molecule has 0 atom stereocenters. The number of hydrogen-bond acceptors (Lipinski definition) is 3. The van der Waals surface area contributed by atoms with Gasteiger partial charge in [0.05, 0.1) is 19.8 Å². The summed E-state index contributed by atoms with van der Waals surface area (Å²) in [6, 6.07) is 9.38. The highest BCUT2D eigenvalue weighted by Gasteiger charge is 2.15. The lowest BCUT2D eigenvalue weighted by Crippen LogP contribution is -2.23. The molecule has 2 aromatic carbocycles. The van der Waals surface area contributed by atoms with Crippen LogP contribution in [0.2, 0.25) is 0 Å². The van der Waals surface area contributed by atoms with Gasteiger partial charge in [0.25, 0.3) is 5.91 Å². The molecule has 0 radical (unpaired) electrons. The molecule has 0 aliphatic heterocycles. The van der Waals surface area contributed by atoms with E-state index in [0.29, 0.717) is 23.6 Å². The minimum Gasteiger partial charge on any atom is -0.493 e. The van der Waals surface area contributed by atoms with E-state index in [1.807, 2.05) is 0 Å². The molecule has 0 aliphatic carbocycles. The average Bonchev–Trinajstić information content (AvgIpc) is 2.53. The van der Waals surface area contributed by atoms with E-state index in [2.05, 4.69) is 27.9 Å². The molecule has 4 nitrogen and oxygen atoms in total. The number of halogens is 2. The lowest BCUT2D eigenvalue weighted by molar-refractivity contribution is 0.0949. The van der Waals surface area contributed by atoms with E-state index >= 15 is 0 Å². The molecule has 1 amide bonds. The van der Waals surface area contributed by atoms with Crippen LogP contribution in [-0.4, -0.2) is 20.1 Å². The van der Waals surface area contributed by atoms with Crippen LogP contribution in [0.15, 0.2) is 36.4 Å². The second-order valence-corrected chi connectivity index (χ2v) is 5.66. The number of rotatable bonds is 5. The van der Waals surface area contributed by atoms with E-state index in [-0.39, 0.29) is 11.7 Å². The van der Waals surface area contributed by atoms with E-state index in [1.54, 1.807) is 31.4 Å². The van der Waals surface area contributed by atoms with Crippen molar-refractivity contribution in [3.63, 3.8) is 0 Å². The summed E-state index contributed by atoms with van der Waals surface area (Å²) in [7, 11) is 3.06. The van der Waals surface area contributed by atoms with E-state index in [4.69, 9.17) is 9.47 Å². The first kappa shape index (κ1) is 16.5. The lowest BCUT2D eigenvalue weighted by Gasteiger charge is -2.12. The number of benzene rings is 2. The quantitative estimate of drug-likeness (QED) is 0.762. The van der Waals surface area contributed by atoms with Gasteiger partial charge in [0.15, 0.2) is 11.5 Å². The molecule has 0 heterocycles. The molecule has 116 valence electrons. The Bertz CT molecular complexity index is 674. The summed E-state index contributed by atoms with van der Waals surface area (Å²) in [5.41, 5.74) is 1.32. The van der Waals surface area contributed by atoms with Crippen LogP contribution in [0.5, 0.6) is 11.5 Å². The largest absolute Gasteiger partial charge is 0.493 e. The van der Waals surface area contributed by atoms with Crippen molar-refractivity contribution >= 4 is 28.5 Å². The molecule has 0 bridgehead atoms. The van der Waals surface area contributed by atoms with Gasteiger partial charge in [0.1, 0.15) is 5.82 Å². The molecule has 2 rings (SSSR count). The first-order valence-corrected chi connectivity index (χ1v) is 7.57. The van der Waals surface area contributed by atoms with Crippen molar-refractivity contribution in [1.82, 2.24) is 5.32 Å². The number of amides is 1. The molecule has 2 aromatic rings. The zero-order valence-corrected chi connectivity index (χ0v) is 14.3. The highest BCUT2D eigenvalue weighted by Crippen LogP contribution is 2.31. The summed E-state index contributed by atoms with van der Waals surface area (Å²) in [5, 5.41) is 2.80. The van der Waals surface area contributed by atoms with Crippen LogP contribution in [0.4, 0.5) is 4.39 Å². The lowest BCUT2D eigenvalue weighted by atomic mass is 10.1. The normalized spacial score (nSPS) is 10.2. The molecule has 0 saturated carbocycles. The Hall–Kier alpha value is -1.83. The molecule has 0 spiro atoms. The van der Waals surface area contributed by atoms with Crippen molar-refractivity contribution in [2.45, 2.75) is 6.54 Å². The van der Waals surface area contributed by atoms with Crippen LogP contribution in [0.1, 0.15) is 15.9 Å². The number of hydrogen-bond donors (Lipinski definition) is 1. The standard InChI is InChI=1S/C16H15FINO3/c1-21-14-7-12(13(18)8-15(14)22-2)16(20)19-9-10-3-5-11(17)6-4-10/h3-8H,9H2,1-2H3,(H,19,20). The van der Waals surface area contributed by atoms with E-state index < -0.39 is 0 Å². The topological polar surface area (TPSA) is 47.6 Å². The maximum atomic E-state index is 12.8. The first-order valence-electron chi connectivity index (χ1n) is 6.49. The third-order valence-electron chi connectivity index (χ3n) is 3.08. The molecule has 0 fully saturated rings. The maximum absolute atomic E-state index is 12.8. The summed E-state index contributed by atoms with van der Waals surface area (Å²) < 4.78 is 24.0. The van der Waals surface area contributed by atoms with Gasteiger partial charge in [-0.15, -0.1) is 0 Å². The van der Waals surface area contributed by atoms with Crippen LogP contribution in [0.3, 0.4) is 0 Å². The van der Waals surface area contributed by atoms with Gasteiger partial charge in [0.2, 0.25) is 0 Å². The SMILES string of the molecule is COc1cc(I)c(C(=O)NCc2ccc(F)cc2)cc1OC. The van der Waals surface area contributed by atoms with Crippen LogP contribution in [0.25, 0.3) is 0 Å². The molecule has 1 N–H and O–H groups in total. The van der Waals surface area contributed by atoms with Gasteiger partial charge in [-0.25, -0.2) is 4.39 Å². The Morgan fingerprint density at radius 2 is 1.73 bits per heavy atom. The smallest absolute Gasteiger partial charge is 0.252 e. The summed E-state index contributed by atoms with van der Waals surface area (Å²) in [6.45, 7) is 0.323. The predicted molar refractivity (Wildman–Crippen MR) is 89.8 cm³/mol. The zero-order chi connectivity index (χ0) is 16.1. The molecule has 0 aromatic heterocycles. The van der Waals surface area contributed by atoms with Crippen molar-refractivity contribution in [3.05, 3.63) is 56.9 Å². The number of methoxy groups -OCH3 is 2. The van der Waals surface area contributed by atoms with E-state index in [1.165, 1.54) is 19.2 Å². The van der Waals surface area contributed by atoms with Gasteiger partial charge in [-0.1, -0.05) is 12.1 Å². The fraction of sp³-hybridized carbons (Fsp3) is 0.188. The average molecular weight is 415 g/mol. The monoisotopic (exact) mass is 415 g/mol. The predicted octanol–water partition coefficient (Wildman–Crippen LogP) is 3.38. The molecule has 0 aliphatic rings. The second-order valence-electron chi connectivity index (χ2n) is 4.50. The molecule has 0 saturated heterocycles. The minimum atomic E-state index is -0.301. The van der Waals surface area contributed by atoms with Gasteiger partial charge in [0, 0.05) is 10.1 Å². The number of ether oxygens (including phenoxy) is 2. The van der Waals surface area contributed by atoms with Crippen molar-refractivity contribution < 1.29 is 18.7 Å². The highest BCUT2D eigenvalue weighted by molar-refractivity contribution is 14.1. The van der Waals surface area contributed by atoms with E-state index in [0.717, 1.165) is 9.13 Å². The molecular weight excluding hydrogens is 400 g/mol. The van der Waals surface area contributed by atoms with Crippen molar-refractivity contribution in [2.24, 2.45) is 0 Å². The summed E-state index contributed by atoms with van der Waals surface area (Å²) >= 11 is 2.07. The molecule has 22 heavy (non-hydrogen) atoms. The highest BCUT2D eigenvalue weighted by atomic mass is 127. The Morgan fingerprint density at radius 3 is 2.32 bits per heavy atom. The Morgan fingerprint density at radius 1 is 1.14 bits per heavy atom. The number of nitrogens with one attached hydrogen (secondary N) is 1. The van der Waals surface area contributed by atoms with Crippen LogP contribution >= 0.6 is 22.6 Å². The van der Waals surface area contributed by atoms with Gasteiger partial charge in [-0.05, 0) is 52.4 Å².